The summed E-state index contributed by atoms with van der Waals surface area (Å²) in [7, 11) is 2.20. The molecule has 0 spiro atoms. The van der Waals surface area contributed by atoms with Gasteiger partial charge in [-0.2, -0.15) is 0 Å². The molecule has 1 N–H and O–H groups in total. The van der Waals surface area contributed by atoms with Crippen molar-refractivity contribution in [2.75, 3.05) is 46.4 Å². The van der Waals surface area contributed by atoms with Gasteiger partial charge in [0.05, 0.1) is 19.1 Å². The van der Waals surface area contributed by atoms with Gasteiger partial charge in [-0.05, 0) is 65.6 Å². The normalized spacial score (nSPS) is 32.9. The number of nitrogens with zero attached hydrogens (tertiary/aromatic N) is 3. The molecule has 170 valence electrons. The van der Waals surface area contributed by atoms with Gasteiger partial charge >= 0.3 is 0 Å². The molecule has 7 nitrogen and oxygen atoms in total. The molecular formula is C23H40N4O3. The third-order valence-electron chi connectivity index (χ3n) is 7.81. The van der Waals surface area contributed by atoms with E-state index in [9.17, 15) is 9.59 Å². The van der Waals surface area contributed by atoms with Crippen molar-refractivity contribution >= 4 is 11.8 Å². The second kappa shape index (κ2) is 9.53. The smallest absolute Gasteiger partial charge is 0.225 e. The van der Waals surface area contributed by atoms with E-state index >= 15 is 0 Å². The molecule has 0 bridgehead atoms. The Morgan fingerprint density at radius 2 is 1.77 bits per heavy atom. The molecule has 30 heavy (non-hydrogen) atoms. The third-order valence-corrected chi connectivity index (χ3v) is 7.81. The maximum absolute atomic E-state index is 12.8. The van der Waals surface area contributed by atoms with E-state index in [4.69, 9.17) is 4.74 Å². The SMILES string of the molecule is CCN(CC)C(=O)C[C@@H]1OC[C@@H]2[C@H]1[C@H](CC(=O)NC1CC1)CN2C1CCN(C)CC1. The first kappa shape index (κ1) is 22.0. The van der Waals surface area contributed by atoms with Crippen LogP contribution in [-0.4, -0.2) is 97.1 Å². The first-order valence-corrected chi connectivity index (χ1v) is 12.1. The molecule has 0 aromatic heterocycles. The van der Waals surface area contributed by atoms with Crippen LogP contribution in [0.1, 0.15) is 52.4 Å². The maximum Gasteiger partial charge on any atom is 0.225 e. The molecule has 3 aliphatic heterocycles. The van der Waals surface area contributed by atoms with Gasteiger partial charge in [0, 0.05) is 50.1 Å². The lowest BCUT2D eigenvalue weighted by molar-refractivity contribution is -0.133. The van der Waals surface area contributed by atoms with Gasteiger partial charge in [0.15, 0.2) is 0 Å². The van der Waals surface area contributed by atoms with Gasteiger partial charge in [0.1, 0.15) is 0 Å². The number of piperidine rings is 1. The highest BCUT2D eigenvalue weighted by molar-refractivity contribution is 5.77. The van der Waals surface area contributed by atoms with E-state index in [2.05, 4.69) is 22.2 Å². The van der Waals surface area contributed by atoms with Crippen LogP contribution in [0.2, 0.25) is 0 Å². The predicted octanol–water partition coefficient (Wildman–Crippen LogP) is 1.32. The average Bonchev–Trinajstić information content (AvgIpc) is 3.33. The number of fused-ring (bicyclic) bond motifs is 1. The fraction of sp³-hybridized carbons (Fsp3) is 0.913. The van der Waals surface area contributed by atoms with E-state index in [-0.39, 0.29) is 29.8 Å². The average molecular weight is 421 g/mol. The van der Waals surface area contributed by atoms with Crippen molar-refractivity contribution in [3.63, 3.8) is 0 Å². The Morgan fingerprint density at radius 3 is 2.40 bits per heavy atom. The Hall–Kier alpha value is -1.18. The van der Waals surface area contributed by atoms with Crippen molar-refractivity contribution in [1.82, 2.24) is 20.0 Å². The summed E-state index contributed by atoms with van der Waals surface area (Å²) in [6.07, 6.45) is 5.57. The van der Waals surface area contributed by atoms with Gasteiger partial charge < -0.3 is 19.9 Å². The van der Waals surface area contributed by atoms with Gasteiger partial charge in [-0.1, -0.05) is 0 Å². The van der Waals surface area contributed by atoms with E-state index in [1.165, 1.54) is 12.8 Å². The van der Waals surface area contributed by atoms with E-state index in [1.807, 2.05) is 18.7 Å². The van der Waals surface area contributed by atoms with Crippen LogP contribution in [0.25, 0.3) is 0 Å². The molecule has 3 saturated heterocycles. The van der Waals surface area contributed by atoms with E-state index in [0.29, 0.717) is 37.6 Å². The summed E-state index contributed by atoms with van der Waals surface area (Å²) in [6, 6.07) is 1.33. The molecule has 7 heteroatoms. The van der Waals surface area contributed by atoms with Crippen LogP contribution in [0.3, 0.4) is 0 Å². The quantitative estimate of drug-likeness (QED) is 0.642. The summed E-state index contributed by atoms with van der Waals surface area (Å²) in [4.78, 5) is 32.4. The molecule has 4 fully saturated rings. The van der Waals surface area contributed by atoms with Gasteiger partial charge in [0.25, 0.3) is 0 Å². The second-order valence-corrected chi connectivity index (χ2v) is 9.82. The van der Waals surface area contributed by atoms with Gasteiger partial charge in [-0.15, -0.1) is 0 Å². The zero-order valence-electron chi connectivity index (χ0n) is 19.0. The molecule has 0 unspecified atom stereocenters. The Kier molecular flexibility index (Phi) is 7.00. The fourth-order valence-corrected chi connectivity index (χ4v) is 5.93. The number of ether oxygens (including phenoxy) is 1. The predicted molar refractivity (Wildman–Crippen MR) is 116 cm³/mol. The molecule has 0 aromatic carbocycles. The lowest BCUT2D eigenvalue weighted by Gasteiger charge is -2.37. The minimum absolute atomic E-state index is 0.0573. The van der Waals surface area contributed by atoms with Crippen LogP contribution in [-0.2, 0) is 14.3 Å². The molecule has 2 amide bonds. The summed E-state index contributed by atoms with van der Waals surface area (Å²) < 4.78 is 6.25. The zero-order valence-corrected chi connectivity index (χ0v) is 19.0. The van der Waals surface area contributed by atoms with E-state index in [0.717, 1.165) is 45.6 Å². The highest BCUT2D eigenvalue weighted by Gasteiger charge is 2.53. The van der Waals surface area contributed by atoms with Crippen molar-refractivity contribution in [3.05, 3.63) is 0 Å². The first-order valence-electron chi connectivity index (χ1n) is 12.1. The summed E-state index contributed by atoms with van der Waals surface area (Å²) in [5.74, 6) is 0.941. The number of hydrogen-bond donors (Lipinski definition) is 1. The maximum atomic E-state index is 12.8. The largest absolute Gasteiger partial charge is 0.376 e. The Labute approximate surface area is 181 Å². The number of hydrogen-bond acceptors (Lipinski definition) is 5. The molecule has 4 atom stereocenters. The van der Waals surface area contributed by atoms with Crippen LogP contribution in [0.5, 0.6) is 0 Å². The number of likely N-dealkylation sites (tertiary alicyclic amines) is 2. The number of rotatable bonds is 8. The fourth-order valence-electron chi connectivity index (χ4n) is 5.93. The molecule has 0 aromatic rings. The molecular weight excluding hydrogens is 380 g/mol. The minimum Gasteiger partial charge on any atom is -0.376 e. The van der Waals surface area contributed by atoms with Crippen molar-refractivity contribution in [2.45, 2.75) is 76.6 Å². The topological polar surface area (TPSA) is 65.1 Å². The summed E-state index contributed by atoms with van der Waals surface area (Å²) in [5.41, 5.74) is 0. The lowest BCUT2D eigenvalue weighted by atomic mass is 9.84. The Bertz CT molecular complexity index is 614. The van der Waals surface area contributed by atoms with Crippen molar-refractivity contribution in [3.8, 4) is 0 Å². The standard InChI is InChI=1S/C23H40N4O3/c1-4-26(5-2)22(29)13-20-23-16(12-21(28)24-17-6-7-17)14-27(19(23)15-30-20)18-8-10-25(3)11-9-18/h16-20,23H,4-15H2,1-3H3,(H,24,28)/t16-,19-,20+,23-/m1/s1. The Morgan fingerprint density at radius 1 is 1.07 bits per heavy atom. The Balaban J connectivity index is 1.45. The number of nitrogens with one attached hydrogen (secondary N) is 1. The van der Waals surface area contributed by atoms with E-state index < -0.39 is 0 Å². The third kappa shape index (κ3) is 4.83. The minimum atomic E-state index is -0.0573. The van der Waals surface area contributed by atoms with Crippen molar-refractivity contribution in [2.24, 2.45) is 11.8 Å². The summed E-state index contributed by atoms with van der Waals surface area (Å²) >= 11 is 0. The first-order chi connectivity index (χ1) is 14.5. The number of carbonyl (C=O) groups excluding carboxylic acids is 2. The second-order valence-electron chi connectivity index (χ2n) is 9.82. The van der Waals surface area contributed by atoms with E-state index in [1.54, 1.807) is 0 Å². The van der Waals surface area contributed by atoms with Gasteiger partial charge in [-0.3, -0.25) is 14.5 Å². The zero-order chi connectivity index (χ0) is 21.3. The van der Waals surface area contributed by atoms with Crippen LogP contribution >= 0.6 is 0 Å². The molecule has 4 aliphatic rings. The van der Waals surface area contributed by atoms with Crippen LogP contribution < -0.4 is 5.32 Å². The summed E-state index contributed by atoms with van der Waals surface area (Å²) in [5, 5.41) is 3.17. The molecule has 1 saturated carbocycles. The molecule has 1 aliphatic carbocycles. The number of amides is 2. The van der Waals surface area contributed by atoms with Crippen molar-refractivity contribution < 1.29 is 14.3 Å². The summed E-state index contributed by atoms with van der Waals surface area (Å²) in [6.45, 7) is 9.49. The molecule has 0 radical (unpaired) electrons. The lowest BCUT2D eigenvalue weighted by Crippen LogP contribution is -2.47. The number of carbonyl (C=O) groups is 2. The van der Waals surface area contributed by atoms with Crippen LogP contribution in [0.4, 0.5) is 0 Å². The monoisotopic (exact) mass is 420 g/mol. The molecule has 3 heterocycles. The highest BCUT2D eigenvalue weighted by atomic mass is 16.5. The van der Waals surface area contributed by atoms with Crippen molar-refractivity contribution in [1.29, 1.82) is 0 Å². The van der Waals surface area contributed by atoms with Crippen LogP contribution in [0.15, 0.2) is 0 Å². The van der Waals surface area contributed by atoms with Gasteiger partial charge in [0.2, 0.25) is 11.8 Å². The molecule has 4 rings (SSSR count). The van der Waals surface area contributed by atoms with Gasteiger partial charge in [-0.25, -0.2) is 0 Å². The van der Waals surface area contributed by atoms with Crippen LogP contribution in [0, 0.1) is 11.8 Å². The highest BCUT2D eigenvalue weighted by Crippen LogP contribution is 2.43.